The van der Waals surface area contributed by atoms with Gasteiger partial charge in [-0.25, -0.2) is 18.9 Å². The third kappa shape index (κ3) is 5.98. The number of methoxy groups -OCH3 is 1. The smallest absolute Gasteiger partial charge is 0.320 e. The first kappa shape index (κ1) is 26.9. The van der Waals surface area contributed by atoms with Crippen LogP contribution in [-0.4, -0.2) is 71.8 Å². The van der Waals surface area contributed by atoms with Gasteiger partial charge in [-0.1, -0.05) is 24.3 Å². The minimum absolute atomic E-state index is 0.308. The Bertz CT molecular complexity index is 1350. The van der Waals surface area contributed by atoms with E-state index in [-0.39, 0.29) is 0 Å². The highest BCUT2D eigenvalue weighted by molar-refractivity contribution is 5.90. The lowest BCUT2D eigenvalue weighted by atomic mass is 10.0. The summed E-state index contributed by atoms with van der Waals surface area (Å²) in [5, 5.41) is 15.7. The summed E-state index contributed by atoms with van der Waals surface area (Å²) in [7, 11) is 1.57. The van der Waals surface area contributed by atoms with Gasteiger partial charge in [-0.05, 0) is 43.7 Å². The molecule has 0 radical (unpaired) electrons. The monoisotopic (exact) mass is 539 g/mol. The van der Waals surface area contributed by atoms with Crippen LogP contribution in [0.5, 0.6) is 0 Å². The normalized spacial score (nSPS) is 19.6. The second kappa shape index (κ2) is 12.0. The van der Waals surface area contributed by atoms with Crippen LogP contribution in [0.15, 0.2) is 48.7 Å². The van der Waals surface area contributed by atoms with Gasteiger partial charge in [0.15, 0.2) is 5.82 Å². The Labute approximate surface area is 224 Å². The lowest BCUT2D eigenvalue weighted by molar-refractivity contribution is -0.154. The van der Waals surface area contributed by atoms with Crippen molar-refractivity contribution in [1.82, 2.24) is 30.5 Å². The van der Waals surface area contributed by atoms with Crippen LogP contribution in [0.3, 0.4) is 0 Å². The highest BCUT2D eigenvalue weighted by Gasteiger charge is 2.37. The molecule has 1 saturated heterocycles. The van der Waals surface area contributed by atoms with Gasteiger partial charge in [0, 0.05) is 44.1 Å². The summed E-state index contributed by atoms with van der Waals surface area (Å²) < 4.78 is 34.3. The zero-order valence-corrected chi connectivity index (χ0v) is 21.8. The summed E-state index contributed by atoms with van der Waals surface area (Å²) >= 11 is 0. The number of anilines is 1. The van der Waals surface area contributed by atoms with Gasteiger partial charge in [0.05, 0.1) is 24.0 Å². The fourth-order valence-corrected chi connectivity index (χ4v) is 4.79. The number of nitrogens with one attached hydrogen (secondary N) is 3. The van der Waals surface area contributed by atoms with Crippen LogP contribution in [0.2, 0.25) is 0 Å². The van der Waals surface area contributed by atoms with Crippen molar-refractivity contribution in [1.29, 1.82) is 0 Å². The summed E-state index contributed by atoms with van der Waals surface area (Å²) in [4.78, 5) is 22.8. The maximum absolute atomic E-state index is 14.0. The number of hydrogen-bond acceptors (Lipinski definition) is 7. The average molecular weight is 540 g/mol. The predicted molar refractivity (Wildman–Crippen MR) is 141 cm³/mol. The number of urea groups is 1. The zero-order chi connectivity index (χ0) is 27.4. The predicted octanol–water partition coefficient (Wildman–Crippen LogP) is 3.36. The van der Waals surface area contributed by atoms with Gasteiger partial charge in [0.1, 0.15) is 11.9 Å². The summed E-state index contributed by atoms with van der Waals surface area (Å²) in [6, 6.07) is 9.54. The van der Waals surface area contributed by atoms with Crippen molar-refractivity contribution in [3.63, 3.8) is 0 Å². The number of carbonyl (C=O) groups excluding carboxylic acids is 1. The third-order valence-corrected chi connectivity index (χ3v) is 6.76. The molecule has 0 saturated carbocycles. The van der Waals surface area contributed by atoms with Crippen LogP contribution >= 0.6 is 0 Å². The first-order valence-electron chi connectivity index (χ1n) is 12.8. The fraction of sp³-hybridized carbons (Fsp3) is 0.370. The Hall–Kier alpha value is -3.71. The summed E-state index contributed by atoms with van der Waals surface area (Å²) in [6.07, 6.45) is 3.39. The topological polar surface area (TPSA) is 106 Å². The SMILES string of the molecule is COCCN1C[C@@H](NC(=O)Nc2c(C)c(C3=CCNCC3)nn2-c2ccccc2)[C@H](c2cnc(F)c(F)c2)O1. The Balaban J connectivity index is 1.40. The van der Waals surface area contributed by atoms with Crippen molar-refractivity contribution in [2.45, 2.75) is 25.5 Å². The molecule has 2 aliphatic heterocycles. The van der Waals surface area contributed by atoms with E-state index in [2.05, 4.69) is 27.0 Å². The molecule has 0 spiro atoms. The molecule has 4 heterocycles. The van der Waals surface area contributed by atoms with Gasteiger partial charge < -0.3 is 15.4 Å². The van der Waals surface area contributed by atoms with Gasteiger partial charge in [-0.15, -0.1) is 0 Å². The molecule has 2 aliphatic rings. The molecule has 12 heteroatoms. The standard InChI is InChI=1S/C27H31F2N7O3/c1-17-23(18-8-10-30-11-9-18)34-36(20-6-4-3-5-7-20)26(17)33-27(37)32-22-16-35(12-13-38-2)39-24(22)19-14-21(28)25(29)31-15-19/h3-8,14-15,22,24,30H,9-13,16H2,1-2H3,(H2,32,33,37)/t22-,24+/m1/s1. The molecule has 0 unspecified atom stereocenters. The highest BCUT2D eigenvalue weighted by atomic mass is 19.2. The molecule has 5 rings (SSSR count). The number of ether oxygens (including phenoxy) is 1. The summed E-state index contributed by atoms with van der Waals surface area (Å²) in [5.74, 6) is -1.74. The molecule has 3 aromatic rings. The molecule has 1 aromatic carbocycles. The van der Waals surface area contributed by atoms with Gasteiger partial charge >= 0.3 is 6.03 Å². The lowest BCUT2D eigenvalue weighted by Crippen LogP contribution is -2.42. The number of aromatic nitrogens is 3. The highest BCUT2D eigenvalue weighted by Crippen LogP contribution is 2.32. The van der Waals surface area contributed by atoms with Gasteiger partial charge in [-0.3, -0.25) is 10.2 Å². The van der Waals surface area contributed by atoms with Crippen LogP contribution in [0.1, 0.15) is 29.3 Å². The first-order valence-corrected chi connectivity index (χ1v) is 12.8. The van der Waals surface area contributed by atoms with Gasteiger partial charge in [-0.2, -0.15) is 14.6 Å². The summed E-state index contributed by atoms with van der Waals surface area (Å²) in [6.45, 7) is 4.68. The maximum Gasteiger partial charge on any atom is 0.320 e. The van der Waals surface area contributed by atoms with E-state index < -0.39 is 29.9 Å². The Morgan fingerprint density at radius 1 is 1.28 bits per heavy atom. The van der Waals surface area contributed by atoms with Crippen molar-refractivity contribution < 1.29 is 23.1 Å². The molecule has 3 N–H and O–H groups in total. The van der Waals surface area contributed by atoms with E-state index in [1.54, 1.807) is 16.9 Å². The number of hydrogen-bond donors (Lipinski definition) is 3. The van der Waals surface area contributed by atoms with E-state index in [1.807, 2.05) is 37.3 Å². The number of para-hydroxylation sites is 1. The quantitative estimate of drug-likeness (QED) is 0.377. The number of carbonyl (C=O) groups is 1. The van der Waals surface area contributed by atoms with E-state index in [4.69, 9.17) is 14.7 Å². The third-order valence-electron chi connectivity index (χ3n) is 6.76. The number of benzene rings is 1. The van der Waals surface area contributed by atoms with Crippen molar-refractivity contribution in [3.05, 3.63) is 77.3 Å². The second-order valence-corrected chi connectivity index (χ2v) is 9.41. The Morgan fingerprint density at radius 2 is 2.10 bits per heavy atom. The van der Waals surface area contributed by atoms with Crippen LogP contribution in [0.25, 0.3) is 11.3 Å². The molecule has 39 heavy (non-hydrogen) atoms. The number of hydroxylamine groups is 2. The van der Waals surface area contributed by atoms with Crippen molar-refractivity contribution in [2.24, 2.45) is 0 Å². The van der Waals surface area contributed by atoms with E-state index >= 15 is 0 Å². The van der Waals surface area contributed by atoms with Crippen LogP contribution < -0.4 is 16.0 Å². The van der Waals surface area contributed by atoms with Crippen molar-refractivity contribution in [2.75, 3.05) is 45.2 Å². The van der Waals surface area contributed by atoms with Crippen molar-refractivity contribution in [3.8, 4) is 5.69 Å². The number of rotatable bonds is 8. The number of pyridine rings is 1. The van der Waals surface area contributed by atoms with Crippen molar-refractivity contribution >= 4 is 17.4 Å². The molecular weight excluding hydrogens is 508 g/mol. The molecule has 206 valence electrons. The Kier molecular flexibility index (Phi) is 8.27. The second-order valence-electron chi connectivity index (χ2n) is 9.41. The molecule has 0 bridgehead atoms. The minimum Gasteiger partial charge on any atom is -0.383 e. The summed E-state index contributed by atoms with van der Waals surface area (Å²) in [5.41, 5.74) is 3.90. The molecular formula is C27H31F2N7O3. The number of nitrogens with zero attached hydrogens (tertiary/aromatic N) is 4. The first-order chi connectivity index (χ1) is 18.9. The van der Waals surface area contributed by atoms with E-state index in [0.29, 0.717) is 31.1 Å². The molecule has 10 nitrogen and oxygen atoms in total. The van der Waals surface area contributed by atoms with E-state index in [1.165, 1.54) is 6.20 Å². The molecule has 2 aromatic heterocycles. The van der Waals surface area contributed by atoms with Gasteiger partial charge in [0.25, 0.3) is 0 Å². The largest absolute Gasteiger partial charge is 0.383 e. The van der Waals surface area contributed by atoms with Gasteiger partial charge in [0.2, 0.25) is 5.95 Å². The van der Waals surface area contributed by atoms with Crippen LogP contribution in [0, 0.1) is 18.7 Å². The molecule has 1 fully saturated rings. The van der Waals surface area contributed by atoms with E-state index in [9.17, 15) is 13.6 Å². The lowest BCUT2D eigenvalue weighted by Gasteiger charge is -2.19. The van der Waals surface area contributed by atoms with Crippen LogP contribution in [0.4, 0.5) is 19.4 Å². The molecule has 0 aliphatic carbocycles. The maximum atomic E-state index is 14.0. The Morgan fingerprint density at radius 3 is 2.82 bits per heavy atom. The molecule has 2 amide bonds. The molecule has 2 atom stereocenters. The average Bonchev–Trinajstić information content (AvgIpc) is 3.50. The number of amides is 2. The number of halogens is 2. The van der Waals surface area contributed by atoms with E-state index in [0.717, 1.165) is 48.1 Å². The fourth-order valence-electron chi connectivity index (χ4n) is 4.79. The zero-order valence-electron chi connectivity index (χ0n) is 21.8. The minimum atomic E-state index is -1.19. The van der Waals surface area contributed by atoms with Crippen LogP contribution in [-0.2, 0) is 9.57 Å².